The average Bonchev–Trinajstić information content (AvgIpc) is 2.71. The van der Waals surface area contributed by atoms with Crippen LogP contribution in [0.1, 0.15) is 12.8 Å². The summed E-state index contributed by atoms with van der Waals surface area (Å²) in [7, 11) is 0. The van der Waals surface area contributed by atoms with Crippen molar-refractivity contribution in [1.29, 1.82) is 0 Å². The second-order valence-corrected chi connectivity index (χ2v) is 3.43. The van der Waals surface area contributed by atoms with Crippen LogP contribution in [0.4, 0.5) is 5.69 Å². The molecular weight excluding hydrogens is 190 g/mol. The minimum atomic E-state index is 0.329. The molecule has 0 saturated heterocycles. The van der Waals surface area contributed by atoms with Crippen LogP contribution in [0.5, 0.6) is 11.5 Å². The number of hydrogen-bond donors (Lipinski definition) is 1. The van der Waals surface area contributed by atoms with Crippen molar-refractivity contribution in [2.75, 3.05) is 18.7 Å². The molecule has 1 aromatic carbocycles. The Balaban J connectivity index is 1.89. The van der Waals surface area contributed by atoms with Gasteiger partial charge in [0.05, 0.1) is 0 Å². The van der Waals surface area contributed by atoms with Gasteiger partial charge in [-0.25, -0.2) is 0 Å². The molecule has 3 nitrogen and oxygen atoms in total. The normalized spacial score (nSPS) is 12.5. The number of allylic oxidation sites excluding steroid dienone is 1. The van der Waals surface area contributed by atoms with Gasteiger partial charge >= 0.3 is 0 Å². The fourth-order valence-electron chi connectivity index (χ4n) is 1.49. The van der Waals surface area contributed by atoms with Gasteiger partial charge in [0.1, 0.15) is 0 Å². The van der Waals surface area contributed by atoms with E-state index < -0.39 is 0 Å². The number of rotatable bonds is 5. The van der Waals surface area contributed by atoms with Gasteiger partial charge in [0.25, 0.3) is 0 Å². The maximum absolute atomic E-state index is 5.29. The Kier molecular flexibility index (Phi) is 3.12. The van der Waals surface area contributed by atoms with Crippen molar-refractivity contribution in [3.05, 3.63) is 30.9 Å². The Morgan fingerprint density at radius 1 is 1.33 bits per heavy atom. The quantitative estimate of drug-likeness (QED) is 0.592. The first-order valence-corrected chi connectivity index (χ1v) is 5.14. The van der Waals surface area contributed by atoms with Gasteiger partial charge in [-0.1, -0.05) is 6.08 Å². The van der Waals surface area contributed by atoms with Crippen LogP contribution in [-0.2, 0) is 0 Å². The highest BCUT2D eigenvalue weighted by molar-refractivity contribution is 5.55. The Morgan fingerprint density at radius 2 is 2.20 bits per heavy atom. The number of benzene rings is 1. The molecule has 1 aromatic rings. The third kappa shape index (κ3) is 2.43. The molecule has 3 heteroatoms. The largest absolute Gasteiger partial charge is 0.454 e. The molecule has 0 saturated carbocycles. The molecule has 0 amide bonds. The Hall–Kier alpha value is -1.64. The van der Waals surface area contributed by atoms with Crippen molar-refractivity contribution in [3.8, 4) is 11.5 Å². The summed E-state index contributed by atoms with van der Waals surface area (Å²) in [5.41, 5.74) is 1.07. The number of nitrogens with one attached hydrogen (secondary N) is 1. The lowest BCUT2D eigenvalue weighted by Gasteiger charge is -2.05. The maximum Gasteiger partial charge on any atom is 0.231 e. The SMILES string of the molecule is C=CCCCNc1ccc2c(c1)OCO2. The predicted octanol–water partition coefficient (Wildman–Crippen LogP) is 2.79. The molecule has 0 aliphatic carbocycles. The molecule has 1 heterocycles. The molecule has 2 rings (SSSR count). The van der Waals surface area contributed by atoms with E-state index in [4.69, 9.17) is 9.47 Å². The monoisotopic (exact) mass is 205 g/mol. The van der Waals surface area contributed by atoms with Crippen LogP contribution in [0.25, 0.3) is 0 Å². The Labute approximate surface area is 89.7 Å². The fraction of sp³-hybridized carbons (Fsp3) is 0.333. The average molecular weight is 205 g/mol. The van der Waals surface area contributed by atoms with Gasteiger partial charge in [-0.05, 0) is 25.0 Å². The first kappa shape index (κ1) is 9.90. The third-order valence-electron chi connectivity index (χ3n) is 2.29. The van der Waals surface area contributed by atoms with Crippen molar-refractivity contribution in [2.24, 2.45) is 0 Å². The smallest absolute Gasteiger partial charge is 0.231 e. The van der Waals surface area contributed by atoms with Crippen LogP contribution in [0.15, 0.2) is 30.9 Å². The van der Waals surface area contributed by atoms with Gasteiger partial charge in [-0.15, -0.1) is 6.58 Å². The number of hydrogen-bond acceptors (Lipinski definition) is 3. The van der Waals surface area contributed by atoms with Gasteiger partial charge in [0.15, 0.2) is 11.5 Å². The molecule has 1 N–H and O–H groups in total. The third-order valence-corrected chi connectivity index (χ3v) is 2.29. The molecular formula is C12H15NO2. The van der Waals surface area contributed by atoms with Crippen LogP contribution < -0.4 is 14.8 Å². The van der Waals surface area contributed by atoms with Gasteiger partial charge in [0, 0.05) is 18.3 Å². The fourth-order valence-corrected chi connectivity index (χ4v) is 1.49. The van der Waals surface area contributed by atoms with Crippen LogP contribution in [0.2, 0.25) is 0 Å². The van der Waals surface area contributed by atoms with E-state index >= 15 is 0 Å². The second-order valence-electron chi connectivity index (χ2n) is 3.43. The first-order valence-electron chi connectivity index (χ1n) is 5.14. The summed E-state index contributed by atoms with van der Waals surface area (Å²) in [5.74, 6) is 1.65. The molecule has 0 radical (unpaired) electrons. The lowest BCUT2D eigenvalue weighted by atomic mass is 10.2. The lowest BCUT2D eigenvalue weighted by molar-refractivity contribution is 0.174. The summed E-state index contributed by atoms with van der Waals surface area (Å²) in [4.78, 5) is 0. The van der Waals surface area contributed by atoms with Crippen LogP contribution in [0, 0.1) is 0 Å². The predicted molar refractivity (Wildman–Crippen MR) is 60.5 cm³/mol. The standard InChI is InChI=1S/C12H15NO2/c1-2-3-4-7-13-10-5-6-11-12(8-10)15-9-14-11/h2,5-6,8,13H,1,3-4,7,9H2. The highest BCUT2D eigenvalue weighted by atomic mass is 16.7. The lowest BCUT2D eigenvalue weighted by Crippen LogP contribution is -2.00. The van der Waals surface area contributed by atoms with E-state index in [-0.39, 0.29) is 0 Å². The number of ether oxygens (including phenoxy) is 2. The van der Waals surface area contributed by atoms with Crippen LogP contribution in [-0.4, -0.2) is 13.3 Å². The molecule has 0 spiro atoms. The van der Waals surface area contributed by atoms with Crippen molar-refractivity contribution in [1.82, 2.24) is 0 Å². The van der Waals surface area contributed by atoms with E-state index in [1.54, 1.807) is 0 Å². The molecule has 15 heavy (non-hydrogen) atoms. The van der Waals surface area contributed by atoms with E-state index in [0.717, 1.165) is 36.6 Å². The van der Waals surface area contributed by atoms with Crippen molar-refractivity contribution in [3.63, 3.8) is 0 Å². The van der Waals surface area contributed by atoms with Crippen molar-refractivity contribution in [2.45, 2.75) is 12.8 Å². The highest BCUT2D eigenvalue weighted by Gasteiger charge is 2.12. The van der Waals surface area contributed by atoms with E-state index in [1.807, 2.05) is 24.3 Å². The zero-order chi connectivity index (χ0) is 10.5. The van der Waals surface area contributed by atoms with Gasteiger partial charge in [0.2, 0.25) is 6.79 Å². The number of fused-ring (bicyclic) bond motifs is 1. The van der Waals surface area contributed by atoms with Crippen molar-refractivity contribution >= 4 is 5.69 Å². The summed E-state index contributed by atoms with van der Waals surface area (Å²) in [6.45, 7) is 4.97. The summed E-state index contributed by atoms with van der Waals surface area (Å²) in [5, 5.41) is 3.33. The molecule has 0 bridgehead atoms. The van der Waals surface area contributed by atoms with E-state index in [0.29, 0.717) is 6.79 Å². The van der Waals surface area contributed by atoms with E-state index in [9.17, 15) is 0 Å². The summed E-state index contributed by atoms with van der Waals surface area (Å²) < 4.78 is 10.5. The van der Waals surface area contributed by atoms with Gasteiger partial charge in [-0.2, -0.15) is 0 Å². The summed E-state index contributed by atoms with van der Waals surface area (Å²) >= 11 is 0. The summed E-state index contributed by atoms with van der Waals surface area (Å²) in [6.07, 6.45) is 4.07. The Bertz CT molecular complexity index is 349. The minimum absolute atomic E-state index is 0.329. The highest BCUT2D eigenvalue weighted by Crippen LogP contribution is 2.34. The number of unbranched alkanes of at least 4 members (excludes halogenated alkanes) is 1. The van der Waals surface area contributed by atoms with E-state index in [1.165, 1.54) is 0 Å². The molecule has 0 atom stereocenters. The van der Waals surface area contributed by atoms with Crippen LogP contribution in [0.3, 0.4) is 0 Å². The second kappa shape index (κ2) is 4.73. The molecule has 1 aliphatic rings. The molecule has 80 valence electrons. The molecule has 0 aromatic heterocycles. The van der Waals surface area contributed by atoms with Gasteiger partial charge in [-0.3, -0.25) is 0 Å². The molecule has 0 fully saturated rings. The zero-order valence-electron chi connectivity index (χ0n) is 8.66. The maximum atomic E-state index is 5.29. The molecule has 0 unspecified atom stereocenters. The number of anilines is 1. The molecule has 1 aliphatic heterocycles. The summed E-state index contributed by atoms with van der Waals surface area (Å²) in [6, 6.07) is 5.90. The topological polar surface area (TPSA) is 30.5 Å². The van der Waals surface area contributed by atoms with Crippen molar-refractivity contribution < 1.29 is 9.47 Å². The first-order chi connectivity index (χ1) is 7.40. The van der Waals surface area contributed by atoms with E-state index in [2.05, 4.69) is 11.9 Å². The zero-order valence-corrected chi connectivity index (χ0v) is 8.66. The minimum Gasteiger partial charge on any atom is -0.454 e. The van der Waals surface area contributed by atoms with Crippen LogP contribution >= 0.6 is 0 Å². The van der Waals surface area contributed by atoms with Gasteiger partial charge < -0.3 is 14.8 Å². The Morgan fingerprint density at radius 3 is 3.07 bits per heavy atom.